The van der Waals surface area contributed by atoms with Crippen molar-refractivity contribution >= 4 is 137 Å². The van der Waals surface area contributed by atoms with Gasteiger partial charge in [-0.2, -0.15) is 0 Å². The molecule has 428 valence electrons. The Morgan fingerprint density at radius 2 is 0.854 bits per heavy atom. The van der Waals surface area contributed by atoms with E-state index in [1.807, 2.05) is 22.7 Å². The molecule has 0 aliphatic carbocycles. The van der Waals surface area contributed by atoms with Gasteiger partial charge in [0.15, 0.2) is 0 Å². The van der Waals surface area contributed by atoms with Crippen LogP contribution in [0.3, 0.4) is 0 Å². The predicted molar refractivity (Wildman–Crippen MR) is 372 cm³/mol. The van der Waals surface area contributed by atoms with Gasteiger partial charge in [-0.3, -0.25) is 14.5 Å². The molecule has 0 bridgehead atoms. The summed E-state index contributed by atoms with van der Waals surface area (Å²) in [5.74, 6) is 7.81. The van der Waals surface area contributed by atoms with Gasteiger partial charge in [-0.05, 0) is 136 Å². The van der Waals surface area contributed by atoms with Crippen LogP contribution in [0.1, 0.15) is 196 Å². The quantitative estimate of drug-likeness (QED) is 0.0251. The average molecular weight is 1210 g/mol. The van der Waals surface area contributed by atoms with E-state index in [1.165, 1.54) is 112 Å². The summed E-state index contributed by atoms with van der Waals surface area (Å²) in [6.45, 7) is 36.0. The van der Waals surface area contributed by atoms with Crippen molar-refractivity contribution in [2.24, 2.45) is 0 Å². The smallest absolute Gasteiger partial charge is 0.263 e. The minimum absolute atomic E-state index is 0.132. The Kier molecular flexibility index (Phi) is 18.3. The van der Waals surface area contributed by atoms with Gasteiger partial charge in [0.25, 0.3) is 11.8 Å². The van der Waals surface area contributed by atoms with Crippen LogP contribution in [0.25, 0.3) is 81.8 Å². The molecule has 3 nitrogen and oxygen atoms in total. The number of hydrogen-bond donors (Lipinski definition) is 0. The Morgan fingerprint density at radius 1 is 0.415 bits per heavy atom. The van der Waals surface area contributed by atoms with E-state index >= 15 is 0 Å². The Hall–Kier alpha value is -4.63. The van der Waals surface area contributed by atoms with Crippen molar-refractivity contribution in [2.45, 2.75) is 201 Å². The minimum atomic E-state index is -2.14. The molecule has 0 saturated carbocycles. The summed E-state index contributed by atoms with van der Waals surface area (Å²) in [4.78, 5) is 39.5. The summed E-state index contributed by atoms with van der Waals surface area (Å²) in [7, 11) is -4.22. The molecule has 2 amide bonds. The first-order valence-electron chi connectivity index (χ1n) is 30.8. The highest BCUT2D eigenvalue weighted by molar-refractivity contribution is 7.30. The lowest BCUT2D eigenvalue weighted by Crippen LogP contribution is -2.43. The molecular weight excluding hydrogens is 1130 g/mol. The molecule has 1 aliphatic heterocycles. The molecule has 1 aliphatic rings. The minimum Gasteiger partial charge on any atom is -0.274 e. The zero-order valence-corrected chi connectivity index (χ0v) is 57.6. The summed E-state index contributed by atoms with van der Waals surface area (Å²) >= 11 is 8.76. The van der Waals surface area contributed by atoms with E-state index in [4.69, 9.17) is 0 Å². The maximum absolute atomic E-state index is 14.6. The normalized spacial score (nSPS) is 13.4. The molecule has 0 N–H and O–H groups in total. The molecule has 0 saturated heterocycles. The number of unbranched alkanes of at least 4 members (excludes halogenated alkanes) is 9. The number of fused-ring (bicyclic) bond motifs is 10. The van der Waals surface area contributed by atoms with Crippen molar-refractivity contribution in [3.8, 4) is 52.2 Å². The zero-order valence-electron chi connectivity index (χ0n) is 51.5. The van der Waals surface area contributed by atoms with Gasteiger partial charge >= 0.3 is 0 Å². The van der Waals surface area contributed by atoms with Gasteiger partial charge in [0.1, 0.15) is 16.1 Å². The highest BCUT2D eigenvalue weighted by atomic mass is 32.1. The molecule has 0 atom stereocenters. The molecule has 10 heteroatoms. The first kappa shape index (κ1) is 60.5. The second kappa shape index (κ2) is 24.8. The van der Waals surface area contributed by atoms with Gasteiger partial charge in [-0.25, -0.2) is 0 Å². The van der Waals surface area contributed by atoms with E-state index < -0.39 is 16.1 Å². The summed E-state index contributed by atoms with van der Waals surface area (Å²) in [6.07, 6.45) is 12.1. The molecule has 5 aromatic heterocycles. The molecule has 0 radical (unpaired) electrons. The number of benzene rings is 4. The number of nitrogens with zero attached hydrogens (tertiary/aromatic N) is 1. The summed E-state index contributed by atoms with van der Waals surface area (Å²) < 4.78 is 2.54. The highest BCUT2D eigenvalue weighted by Crippen LogP contribution is 2.52. The van der Waals surface area contributed by atoms with Gasteiger partial charge in [0.05, 0.1) is 20.9 Å². The summed E-state index contributed by atoms with van der Waals surface area (Å²) in [6, 6.07) is 27.8. The second-order valence-corrected chi connectivity index (χ2v) is 42.5. The Morgan fingerprint density at radius 3 is 1.33 bits per heavy atom. The van der Waals surface area contributed by atoms with Crippen LogP contribution in [-0.4, -0.2) is 39.4 Å². The van der Waals surface area contributed by atoms with Crippen LogP contribution < -0.4 is 0 Å². The lowest BCUT2D eigenvalue weighted by molar-refractivity contribution is 0.0651. The van der Waals surface area contributed by atoms with Crippen molar-refractivity contribution in [3.05, 3.63) is 105 Å². The fraction of sp³-hybridized carbons (Fsp3) is 0.444. The molecule has 10 rings (SSSR count). The topological polar surface area (TPSA) is 37.4 Å². The fourth-order valence-corrected chi connectivity index (χ4v) is 30.5. The highest BCUT2D eigenvalue weighted by Gasteiger charge is 2.44. The van der Waals surface area contributed by atoms with Gasteiger partial charge in [-0.1, -0.05) is 172 Å². The van der Waals surface area contributed by atoms with Crippen LogP contribution in [0.2, 0.25) is 33.2 Å². The number of imide groups is 1. The van der Waals surface area contributed by atoms with E-state index in [2.05, 4.69) is 200 Å². The molecule has 4 aromatic carbocycles. The van der Waals surface area contributed by atoms with Crippen LogP contribution in [0.5, 0.6) is 0 Å². The number of aryl methyl sites for hydroxylation is 2. The number of hydrogen-bond acceptors (Lipinski definition) is 7. The van der Waals surface area contributed by atoms with Crippen LogP contribution in [0.15, 0.2) is 72.8 Å². The molecule has 6 heterocycles. The number of carbonyl (C=O) groups excluding carboxylic acids is 2. The van der Waals surface area contributed by atoms with Crippen LogP contribution in [0.4, 0.5) is 0 Å². The van der Waals surface area contributed by atoms with Gasteiger partial charge in [0, 0.05) is 77.9 Å². The lowest BCUT2D eigenvalue weighted by atomic mass is 9.89. The number of carbonyl (C=O) groups is 2. The predicted octanol–water partition coefficient (Wildman–Crippen LogP) is 24.0. The maximum Gasteiger partial charge on any atom is 0.263 e. The number of rotatable bonds is 20. The number of thiophene rings is 5. The maximum atomic E-state index is 14.6. The lowest BCUT2D eigenvalue weighted by Gasteiger charge is -2.38. The third-order valence-electron chi connectivity index (χ3n) is 18.7. The van der Waals surface area contributed by atoms with E-state index in [9.17, 15) is 9.59 Å². The van der Waals surface area contributed by atoms with E-state index in [1.54, 1.807) is 38.9 Å². The average Bonchev–Trinajstić information content (AvgIpc) is 1.92. The molecule has 0 unspecified atom stereocenters. The monoisotopic (exact) mass is 1210 g/mol. The third-order valence-corrected chi connectivity index (χ3v) is 37.2. The van der Waals surface area contributed by atoms with Crippen molar-refractivity contribution in [2.75, 3.05) is 6.54 Å². The molecule has 82 heavy (non-hydrogen) atoms. The SMILES string of the molecule is CCCCCCCCCCCCN1C(=O)c2c(-c3ccc(C)s3)sc(-c3ccc(-c4cc5c(ccc6c7cc(C#C[Si](C(C)C)(C(C)C)C(C)C)c8c9cc(C)sc9ccc8c7cc(C#C[Si](C(C)C)(C(C)C)C(C)C)c56)s4)s3)c2C1=O. The van der Waals surface area contributed by atoms with Crippen molar-refractivity contribution in [3.63, 3.8) is 0 Å². The largest absolute Gasteiger partial charge is 0.274 e. The van der Waals surface area contributed by atoms with E-state index in [0.717, 1.165) is 54.8 Å². The second-order valence-electron chi connectivity index (χ2n) is 25.5. The summed E-state index contributed by atoms with van der Waals surface area (Å²) in [5.41, 5.74) is 14.8. The van der Waals surface area contributed by atoms with Gasteiger partial charge in [0.2, 0.25) is 0 Å². The van der Waals surface area contributed by atoms with Crippen LogP contribution in [0, 0.1) is 36.8 Å². The third kappa shape index (κ3) is 10.9. The van der Waals surface area contributed by atoms with E-state index in [-0.39, 0.29) is 11.8 Å². The number of amides is 2. The van der Waals surface area contributed by atoms with Crippen molar-refractivity contribution in [1.82, 2.24) is 4.90 Å². The first-order chi connectivity index (χ1) is 39.2. The standard InChI is InChI=1S/C72H85NO2S5Si2/c1-16-17-18-19-20-21-22-23-24-25-36-73-71(74)67-68(72(73)75)70(80-69(67)62-29-26-49(14)76-62)63-33-32-61(79-63)64-42-58-60(78-64)31-28-54-56-40-51(34-37-81(43(2)3,44(4)5)45(6)7)65-53(27-30-59-57(65)39-50(15)77-59)55(56)41-52(66(54)58)35-38-82(46(8)9,47(10)11)48(12)13/h26-33,39-48H,16-25,36H2,1-15H3. The van der Waals surface area contributed by atoms with Crippen LogP contribution >= 0.6 is 56.7 Å². The Balaban J connectivity index is 1.11. The first-order valence-corrected chi connectivity index (χ1v) is 39.3. The van der Waals surface area contributed by atoms with Gasteiger partial charge < -0.3 is 0 Å². The fourth-order valence-electron chi connectivity index (χ4n) is 14.6. The molecule has 9 aromatic rings. The Bertz CT molecular complexity index is 3970. The zero-order chi connectivity index (χ0) is 58.5. The van der Waals surface area contributed by atoms with Gasteiger partial charge in [-0.15, -0.1) is 67.8 Å². The molecular formula is C72H85NO2S5Si2. The van der Waals surface area contributed by atoms with E-state index in [0.29, 0.717) is 50.9 Å². The molecule has 0 fully saturated rings. The van der Waals surface area contributed by atoms with Crippen molar-refractivity contribution < 1.29 is 9.59 Å². The summed E-state index contributed by atoms with van der Waals surface area (Å²) in [5, 5.41) is 9.95. The van der Waals surface area contributed by atoms with Crippen molar-refractivity contribution in [1.29, 1.82) is 0 Å². The Labute approximate surface area is 512 Å². The van der Waals surface area contributed by atoms with Crippen LogP contribution in [-0.2, 0) is 0 Å². The molecule has 0 spiro atoms.